The second-order valence-corrected chi connectivity index (χ2v) is 5.40. The SMILES string of the molecule is O=C(O)c1cc(NCc2sccc2Br)ccc1F. The maximum absolute atomic E-state index is 13.2. The maximum atomic E-state index is 13.2. The summed E-state index contributed by atoms with van der Waals surface area (Å²) in [4.78, 5) is 11.9. The molecule has 0 saturated carbocycles. The molecule has 0 bridgehead atoms. The van der Waals surface area contributed by atoms with Crippen molar-refractivity contribution in [3.63, 3.8) is 0 Å². The summed E-state index contributed by atoms with van der Waals surface area (Å²) in [5.74, 6) is -2.00. The van der Waals surface area contributed by atoms with Crippen LogP contribution in [0.1, 0.15) is 15.2 Å². The lowest BCUT2D eigenvalue weighted by molar-refractivity contribution is 0.0692. The van der Waals surface area contributed by atoms with Crippen LogP contribution in [0, 0.1) is 5.82 Å². The first-order valence-electron chi connectivity index (χ1n) is 5.06. The van der Waals surface area contributed by atoms with Gasteiger partial charge in [-0.25, -0.2) is 9.18 Å². The zero-order valence-corrected chi connectivity index (χ0v) is 11.5. The Morgan fingerprint density at radius 3 is 2.83 bits per heavy atom. The summed E-state index contributed by atoms with van der Waals surface area (Å²) in [6.07, 6.45) is 0. The summed E-state index contributed by atoms with van der Waals surface area (Å²) in [5.41, 5.74) is 0.249. The zero-order chi connectivity index (χ0) is 13.1. The molecule has 1 aromatic heterocycles. The summed E-state index contributed by atoms with van der Waals surface area (Å²) in [6.45, 7) is 0.558. The Kier molecular flexibility index (Phi) is 3.98. The van der Waals surface area contributed by atoms with Crippen LogP contribution in [-0.4, -0.2) is 11.1 Å². The van der Waals surface area contributed by atoms with Crippen molar-refractivity contribution in [1.82, 2.24) is 0 Å². The number of anilines is 1. The summed E-state index contributed by atoms with van der Waals surface area (Å²) < 4.78 is 14.2. The van der Waals surface area contributed by atoms with Crippen LogP contribution >= 0.6 is 27.3 Å². The van der Waals surface area contributed by atoms with E-state index in [1.54, 1.807) is 11.3 Å². The molecular formula is C12H9BrFNO2S. The Labute approximate surface area is 115 Å². The minimum Gasteiger partial charge on any atom is -0.478 e. The molecule has 0 aliphatic rings. The number of thiophene rings is 1. The zero-order valence-electron chi connectivity index (χ0n) is 9.11. The lowest BCUT2D eigenvalue weighted by atomic mass is 10.2. The van der Waals surface area contributed by atoms with Crippen molar-refractivity contribution in [2.75, 3.05) is 5.32 Å². The highest BCUT2D eigenvalue weighted by Crippen LogP contribution is 2.24. The Bertz CT molecular complexity index is 585. The van der Waals surface area contributed by atoms with E-state index in [0.717, 1.165) is 15.4 Å². The lowest BCUT2D eigenvalue weighted by Gasteiger charge is -2.07. The lowest BCUT2D eigenvalue weighted by Crippen LogP contribution is -2.03. The molecule has 2 rings (SSSR count). The highest BCUT2D eigenvalue weighted by molar-refractivity contribution is 9.10. The Morgan fingerprint density at radius 2 is 2.22 bits per heavy atom. The second-order valence-electron chi connectivity index (χ2n) is 3.55. The van der Waals surface area contributed by atoms with Crippen molar-refractivity contribution in [3.05, 3.63) is 50.4 Å². The van der Waals surface area contributed by atoms with Gasteiger partial charge in [-0.1, -0.05) is 0 Å². The minimum absolute atomic E-state index is 0.328. The van der Waals surface area contributed by atoms with Gasteiger partial charge in [-0.05, 0) is 45.6 Å². The summed E-state index contributed by atoms with van der Waals surface area (Å²) in [5, 5.41) is 13.8. The van der Waals surface area contributed by atoms with E-state index < -0.39 is 11.8 Å². The molecule has 0 fully saturated rings. The van der Waals surface area contributed by atoms with E-state index >= 15 is 0 Å². The van der Waals surface area contributed by atoms with E-state index in [0.29, 0.717) is 12.2 Å². The van der Waals surface area contributed by atoms with Crippen molar-refractivity contribution in [1.29, 1.82) is 0 Å². The molecule has 2 aromatic rings. The number of aromatic carboxylic acids is 1. The number of carboxylic acid groups (broad SMARTS) is 1. The van der Waals surface area contributed by atoms with Gasteiger partial charge in [-0.3, -0.25) is 0 Å². The van der Waals surface area contributed by atoms with Crippen molar-refractivity contribution in [3.8, 4) is 0 Å². The number of nitrogens with one attached hydrogen (secondary N) is 1. The van der Waals surface area contributed by atoms with E-state index in [-0.39, 0.29) is 5.56 Å². The molecule has 0 radical (unpaired) electrons. The van der Waals surface area contributed by atoms with Crippen molar-refractivity contribution < 1.29 is 14.3 Å². The summed E-state index contributed by atoms with van der Waals surface area (Å²) >= 11 is 4.99. The molecule has 2 N–H and O–H groups in total. The fraction of sp³-hybridized carbons (Fsp3) is 0.0833. The molecular weight excluding hydrogens is 321 g/mol. The third-order valence-electron chi connectivity index (χ3n) is 2.34. The smallest absolute Gasteiger partial charge is 0.338 e. The average molecular weight is 330 g/mol. The number of hydrogen-bond acceptors (Lipinski definition) is 3. The van der Waals surface area contributed by atoms with Gasteiger partial charge in [0.25, 0.3) is 0 Å². The van der Waals surface area contributed by atoms with Crippen LogP contribution in [0.5, 0.6) is 0 Å². The van der Waals surface area contributed by atoms with Gasteiger partial charge in [0.05, 0.1) is 12.1 Å². The van der Waals surface area contributed by atoms with Crippen LogP contribution in [0.2, 0.25) is 0 Å². The monoisotopic (exact) mass is 329 g/mol. The molecule has 0 aliphatic heterocycles. The van der Waals surface area contributed by atoms with Crippen molar-refractivity contribution in [2.45, 2.75) is 6.54 Å². The average Bonchev–Trinajstić information content (AvgIpc) is 2.73. The maximum Gasteiger partial charge on any atom is 0.338 e. The normalized spacial score (nSPS) is 10.3. The van der Waals surface area contributed by atoms with E-state index in [1.807, 2.05) is 11.4 Å². The molecule has 0 aliphatic carbocycles. The van der Waals surface area contributed by atoms with Crippen molar-refractivity contribution in [2.24, 2.45) is 0 Å². The molecule has 94 valence electrons. The van der Waals surface area contributed by atoms with E-state index in [4.69, 9.17) is 5.11 Å². The Hall–Kier alpha value is -1.40. The Morgan fingerprint density at radius 1 is 1.44 bits per heavy atom. The minimum atomic E-state index is -1.27. The van der Waals surface area contributed by atoms with Gasteiger partial charge in [0.15, 0.2) is 0 Å². The second kappa shape index (κ2) is 5.49. The molecule has 3 nitrogen and oxygen atoms in total. The van der Waals surface area contributed by atoms with Gasteiger partial charge >= 0.3 is 5.97 Å². The van der Waals surface area contributed by atoms with Gasteiger partial charge in [-0.2, -0.15) is 0 Å². The fourth-order valence-corrected chi connectivity index (χ4v) is 2.86. The number of hydrogen-bond donors (Lipinski definition) is 2. The van der Waals surface area contributed by atoms with Crippen LogP contribution < -0.4 is 5.32 Å². The van der Waals surface area contributed by atoms with Crippen LogP contribution in [-0.2, 0) is 6.54 Å². The van der Waals surface area contributed by atoms with Crippen LogP contribution in [0.15, 0.2) is 34.1 Å². The predicted octanol–water partition coefficient (Wildman–Crippen LogP) is 3.96. The van der Waals surface area contributed by atoms with Crippen LogP contribution in [0.4, 0.5) is 10.1 Å². The third kappa shape index (κ3) is 2.88. The molecule has 0 atom stereocenters. The third-order valence-corrected chi connectivity index (χ3v) is 4.27. The number of rotatable bonds is 4. The first-order valence-corrected chi connectivity index (χ1v) is 6.74. The largest absolute Gasteiger partial charge is 0.478 e. The van der Waals surface area contributed by atoms with Gasteiger partial charge in [0.2, 0.25) is 0 Å². The molecule has 1 heterocycles. The van der Waals surface area contributed by atoms with Crippen LogP contribution in [0.25, 0.3) is 0 Å². The summed E-state index contributed by atoms with van der Waals surface area (Å²) in [6, 6.07) is 5.90. The van der Waals surface area contributed by atoms with Crippen molar-refractivity contribution >= 4 is 38.9 Å². The molecule has 6 heteroatoms. The molecule has 0 spiro atoms. The first-order chi connectivity index (χ1) is 8.58. The number of carbonyl (C=O) groups is 1. The van der Waals surface area contributed by atoms with Gasteiger partial charge in [-0.15, -0.1) is 11.3 Å². The number of halogens is 2. The first kappa shape index (κ1) is 13.0. The van der Waals surface area contributed by atoms with Gasteiger partial charge in [0, 0.05) is 15.0 Å². The fourth-order valence-electron chi connectivity index (χ4n) is 1.43. The van der Waals surface area contributed by atoms with E-state index in [1.165, 1.54) is 12.1 Å². The molecule has 0 amide bonds. The number of benzene rings is 1. The van der Waals surface area contributed by atoms with Gasteiger partial charge in [0.1, 0.15) is 5.82 Å². The highest BCUT2D eigenvalue weighted by Gasteiger charge is 2.10. The quantitative estimate of drug-likeness (QED) is 0.892. The van der Waals surface area contributed by atoms with E-state index in [2.05, 4.69) is 21.2 Å². The standard InChI is InChI=1S/C12H9BrFNO2S/c13-9-3-4-18-11(9)6-15-7-1-2-10(14)8(5-7)12(16)17/h1-5,15H,6H2,(H,16,17). The molecule has 0 saturated heterocycles. The topological polar surface area (TPSA) is 49.3 Å². The van der Waals surface area contributed by atoms with Gasteiger partial charge < -0.3 is 10.4 Å². The highest BCUT2D eigenvalue weighted by atomic mass is 79.9. The molecule has 18 heavy (non-hydrogen) atoms. The predicted molar refractivity (Wildman–Crippen MR) is 72.7 cm³/mol. The van der Waals surface area contributed by atoms with Crippen LogP contribution in [0.3, 0.4) is 0 Å². The summed E-state index contributed by atoms with van der Waals surface area (Å²) in [7, 11) is 0. The number of carboxylic acids is 1. The molecule has 1 aromatic carbocycles. The molecule has 0 unspecified atom stereocenters. The van der Waals surface area contributed by atoms with E-state index in [9.17, 15) is 9.18 Å². The Balaban J connectivity index is 2.13.